The molecule has 1 N–H and O–H groups in total. The first-order valence-corrected chi connectivity index (χ1v) is 8.03. The minimum absolute atomic E-state index is 0.576. The summed E-state index contributed by atoms with van der Waals surface area (Å²) in [6.07, 6.45) is 0. The second-order valence-electron chi connectivity index (χ2n) is 4.11. The van der Waals surface area contributed by atoms with E-state index in [9.17, 15) is 0 Å². The summed E-state index contributed by atoms with van der Waals surface area (Å²) in [4.78, 5) is 1.27. The van der Waals surface area contributed by atoms with Gasteiger partial charge in [0.1, 0.15) is 0 Å². The smallest absolute Gasteiger partial charge is 0.179 e. The maximum absolute atomic E-state index is 6.33. The molecular formula is C14H15BrClNO2S. The quantitative estimate of drug-likeness (QED) is 0.807. The predicted molar refractivity (Wildman–Crippen MR) is 87.1 cm³/mol. The van der Waals surface area contributed by atoms with E-state index >= 15 is 0 Å². The largest absolute Gasteiger partial charge is 0.493 e. The topological polar surface area (TPSA) is 30.5 Å². The Balaban J connectivity index is 2.02. The SMILES string of the molecule is COc1ccc(CNCc2cc(Br)cs2)c(Cl)c1OC. The Kier molecular flexibility index (Phi) is 5.72. The molecule has 0 atom stereocenters. The van der Waals surface area contributed by atoms with Gasteiger partial charge in [-0.3, -0.25) is 0 Å². The van der Waals surface area contributed by atoms with E-state index in [0.717, 1.165) is 16.6 Å². The van der Waals surface area contributed by atoms with Crippen molar-refractivity contribution in [2.75, 3.05) is 14.2 Å². The van der Waals surface area contributed by atoms with E-state index < -0.39 is 0 Å². The number of hydrogen-bond donors (Lipinski definition) is 1. The van der Waals surface area contributed by atoms with Gasteiger partial charge in [0, 0.05) is 27.8 Å². The highest BCUT2D eigenvalue weighted by Gasteiger charge is 2.12. The predicted octanol–water partition coefficient (Wildman–Crippen LogP) is 4.47. The fraction of sp³-hybridized carbons (Fsp3) is 0.286. The van der Waals surface area contributed by atoms with E-state index in [0.29, 0.717) is 23.1 Å². The van der Waals surface area contributed by atoms with Crippen LogP contribution in [-0.4, -0.2) is 14.2 Å². The average molecular weight is 377 g/mol. The fourth-order valence-corrected chi connectivity index (χ4v) is 3.55. The summed E-state index contributed by atoms with van der Waals surface area (Å²) in [5.74, 6) is 1.22. The Hall–Kier alpha value is -0.750. The molecule has 0 saturated heterocycles. The number of ether oxygens (including phenoxy) is 2. The van der Waals surface area contributed by atoms with Crippen molar-refractivity contribution in [2.45, 2.75) is 13.1 Å². The van der Waals surface area contributed by atoms with E-state index in [4.69, 9.17) is 21.1 Å². The molecule has 0 aliphatic carbocycles. The lowest BCUT2D eigenvalue weighted by Crippen LogP contribution is -2.12. The summed E-state index contributed by atoms with van der Waals surface area (Å²) in [6, 6.07) is 5.92. The molecule has 6 heteroatoms. The molecular weight excluding hydrogens is 362 g/mol. The van der Waals surface area contributed by atoms with Crippen LogP contribution in [0.25, 0.3) is 0 Å². The molecule has 0 radical (unpaired) electrons. The van der Waals surface area contributed by atoms with Crippen molar-refractivity contribution in [3.63, 3.8) is 0 Å². The molecule has 1 aromatic carbocycles. The van der Waals surface area contributed by atoms with Gasteiger partial charge < -0.3 is 14.8 Å². The van der Waals surface area contributed by atoms with Crippen LogP contribution in [0.5, 0.6) is 11.5 Å². The van der Waals surface area contributed by atoms with Gasteiger partial charge >= 0.3 is 0 Å². The first kappa shape index (κ1) is 15.6. The summed E-state index contributed by atoms with van der Waals surface area (Å²) in [5.41, 5.74) is 0.986. The van der Waals surface area contributed by atoms with Crippen molar-refractivity contribution in [1.29, 1.82) is 0 Å². The van der Waals surface area contributed by atoms with Crippen molar-refractivity contribution >= 4 is 38.9 Å². The van der Waals surface area contributed by atoms with Gasteiger partial charge in [0.15, 0.2) is 11.5 Å². The zero-order valence-corrected chi connectivity index (χ0v) is 14.4. The highest BCUT2D eigenvalue weighted by molar-refractivity contribution is 9.10. The molecule has 108 valence electrons. The van der Waals surface area contributed by atoms with Crippen LogP contribution in [0.1, 0.15) is 10.4 Å². The van der Waals surface area contributed by atoms with Crippen LogP contribution in [0.2, 0.25) is 5.02 Å². The lowest BCUT2D eigenvalue weighted by Gasteiger charge is -2.13. The van der Waals surface area contributed by atoms with Gasteiger partial charge in [0.25, 0.3) is 0 Å². The summed E-state index contributed by atoms with van der Waals surface area (Å²) in [6.45, 7) is 1.48. The van der Waals surface area contributed by atoms with Crippen LogP contribution in [0.15, 0.2) is 28.1 Å². The highest BCUT2D eigenvalue weighted by Crippen LogP contribution is 2.37. The number of nitrogens with one attached hydrogen (secondary N) is 1. The molecule has 0 bridgehead atoms. The summed E-state index contributed by atoms with van der Waals surface area (Å²) >= 11 is 11.5. The Bertz CT molecular complexity index is 589. The van der Waals surface area contributed by atoms with Crippen LogP contribution in [0.3, 0.4) is 0 Å². The van der Waals surface area contributed by atoms with Gasteiger partial charge in [-0.2, -0.15) is 0 Å². The first-order valence-electron chi connectivity index (χ1n) is 5.98. The van der Waals surface area contributed by atoms with Crippen LogP contribution < -0.4 is 14.8 Å². The van der Waals surface area contributed by atoms with Crippen molar-refractivity contribution in [3.05, 3.63) is 43.5 Å². The summed E-state index contributed by atoms with van der Waals surface area (Å²) < 4.78 is 11.6. The minimum atomic E-state index is 0.576. The number of halogens is 2. The standard InChI is InChI=1S/C14H15BrClNO2S/c1-18-12-4-3-9(13(16)14(12)19-2)6-17-7-11-5-10(15)8-20-11/h3-5,8,17H,6-7H2,1-2H3. The van der Waals surface area contributed by atoms with Crippen molar-refractivity contribution < 1.29 is 9.47 Å². The number of hydrogen-bond acceptors (Lipinski definition) is 4. The summed E-state index contributed by atoms with van der Waals surface area (Å²) in [5, 5.41) is 6.03. The Morgan fingerprint density at radius 1 is 1.25 bits per heavy atom. The third-order valence-electron chi connectivity index (χ3n) is 2.80. The maximum atomic E-state index is 6.33. The molecule has 2 rings (SSSR count). The molecule has 0 saturated carbocycles. The first-order chi connectivity index (χ1) is 9.65. The van der Waals surface area contributed by atoms with Gasteiger partial charge in [-0.05, 0) is 33.6 Å². The van der Waals surface area contributed by atoms with Gasteiger partial charge in [-0.25, -0.2) is 0 Å². The van der Waals surface area contributed by atoms with E-state index in [2.05, 4.69) is 32.7 Å². The second-order valence-corrected chi connectivity index (χ2v) is 6.40. The molecule has 0 amide bonds. The third-order valence-corrected chi connectivity index (χ3v) is 4.91. The molecule has 3 nitrogen and oxygen atoms in total. The van der Waals surface area contributed by atoms with Gasteiger partial charge in [-0.1, -0.05) is 17.7 Å². The monoisotopic (exact) mass is 375 g/mol. The van der Waals surface area contributed by atoms with E-state index in [1.807, 2.05) is 12.1 Å². The van der Waals surface area contributed by atoms with E-state index in [1.54, 1.807) is 25.6 Å². The van der Waals surface area contributed by atoms with Crippen molar-refractivity contribution in [1.82, 2.24) is 5.32 Å². The third kappa shape index (κ3) is 3.67. The normalized spacial score (nSPS) is 10.6. The molecule has 2 aromatic rings. The molecule has 1 aromatic heterocycles. The molecule has 0 aliphatic heterocycles. The van der Waals surface area contributed by atoms with Gasteiger partial charge in [0.05, 0.1) is 19.2 Å². The van der Waals surface area contributed by atoms with Crippen LogP contribution in [-0.2, 0) is 13.1 Å². The van der Waals surface area contributed by atoms with Crippen molar-refractivity contribution in [3.8, 4) is 11.5 Å². The Morgan fingerprint density at radius 3 is 2.65 bits per heavy atom. The number of methoxy groups -OCH3 is 2. The second kappa shape index (κ2) is 7.31. The number of thiophene rings is 1. The van der Waals surface area contributed by atoms with Crippen molar-refractivity contribution in [2.24, 2.45) is 0 Å². The lowest BCUT2D eigenvalue weighted by molar-refractivity contribution is 0.354. The fourth-order valence-electron chi connectivity index (χ4n) is 1.83. The number of benzene rings is 1. The van der Waals surface area contributed by atoms with Crippen LogP contribution in [0.4, 0.5) is 0 Å². The average Bonchev–Trinajstić information content (AvgIpc) is 2.86. The van der Waals surface area contributed by atoms with E-state index in [-0.39, 0.29) is 0 Å². The summed E-state index contributed by atoms with van der Waals surface area (Å²) in [7, 11) is 3.19. The molecule has 0 aliphatic rings. The lowest BCUT2D eigenvalue weighted by atomic mass is 10.2. The maximum Gasteiger partial charge on any atom is 0.179 e. The molecule has 1 heterocycles. The molecule has 0 unspecified atom stereocenters. The van der Waals surface area contributed by atoms with Gasteiger partial charge in [-0.15, -0.1) is 11.3 Å². The van der Waals surface area contributed by atoms with Crippen LogP contribution in [0, 0.1) is 0 Å². The zero-order chi connectivity index (χ0) is 14.5. The van der Waals surface area contributed by atoms with Gasteiger partial charge in [0.2, 0.25) is 0 Å². The minimum Gasteiger partial charge on any atom is -0.493 e. The molecule has 0 spiro atoms. The Morgan fingerprint density at radius 2 is 2.05 bits per heavy atom. The number of rotatable bonds is 6. The highest BCUT2D eigenvalue weighted by atomic mass is 79.9. The zero-order valence-electron chi connectivity index (χ0n) is 11.2. The van der Waals surface area contributed by atoms with Crippen LogP contribution >= 0.6 is 38.9 Å². The molecule has 0 fully saturated rings. The molecule has 20 heavy (non-hydrogen) atoms. The van der Waals surface area contributed by atoms with E-state index in [1.165, 1.54) is 4.88 Å². The Labute approximate surface area is 136 Å².